The third-order valence-corrected chi connectivity index (χ3v) is 9.30. The lowest BCUT2D eigenvalue weighted by molar-refractivity contribution is -0.122. The maximum atomic E-state index is 13.2. The topological polar surface area (TPSA) is 78.7 Å². The molecule has 0 amide bonds. The quantitative estimate of drug-likeness (QED) is 0.413. The zero-order valence-electron chi connectivity index (χ0n) is 24.9. The molecule has 0 N–H and O–H groups in total. The van der Waals surface area contributed by atoms with Crippen LogP contribution in [0.2, 0.25) is 0 Å². The van der Waals surface area contributed by atoms with Crippen LogP contribution in [0.25, 0.3) is 0 Å². The number of ether oxygens (including phenoxy) is 3. The first-order chi connectivity index (χ1) is 19.6. The van der Waals surface area contributed by atoms with Crippen LogP contribution in [0, 0.1) is 5.92 Å². The highest BCUT2D eigenvalue weighted by Crippen LogP contribution is 2.58. The molecule has 1 saturated heterocycles. The van der Waals surface area contributed by atoms with Crippen molar-refractivity contribution in [3.8, 4) is 11.5 Å². The van der Waals surface area contributed by atoms with Crippen LogP contribution in [0.15, 0.2) is 54.4 Å². The Balaban J connectivity index is 1.28. The van der Waals surface area contributed by atoms with E-state index in [-0.39, 0.29) is 29.1 Å². The van der Waals surface area contributed by atoms with E-state index in [0.717, 1.165) is 30.6 Å². The second kappa shape index (κ2) is 10.3. The zero-order chi connectivity index (χ0) is 28.9. The molecule has 3 aliphatic rings. The summed E-state index contributed by atoms with van der Waals surface area (Å²) in [6.45, 7) is 8.47. The number of aromatic nitrogens is 3. The van der Waals surface area contributed by atoms with E-state index in [9.17, 15) is 4.79 Å². The van der Waals surface area contributed by atoms with Gasteiger partial charge in [-0.15, -0.1) is 5.10 Å². The average Bonchev–Trinajstić information content (AvgIpc) is 3.40. The summed E-state index contributed by atoms with van der Waals surface area (Å²) in [4.78, 5) is 15.7. The predicted molar refractivity (Wildman–Crippen MR) is 156 cm³/mol. The number of Topliss-reactive ketones (excluding diaryl/α,β-unsaturated/α-hetero) is 1. The van der Waals surface area contributed by atoms with Gasteiger partial charge in [0.05, 0.1) is 27.0 Å². The van der Waals surface area contributed by atoms with E-state index in [0.29, 0.717) is 36.3 Å². The molecule has 3 aromatic rings. The highest BCUT2D eigenvalue weighted by atomic mass is 16.5. The van der Waals surface area contributed by atoms with E-state index < -0.39 is 0 Å². The summed E-state index contributed by atoms with van der Waals surface area (Å²) in [7, 11) is 5.43. The fourth-order valence-corrected chi connectivity index (χ4v) is 7.08. The Labute approximate surface area is 242 Å². The largest absolute Gasteiger partial charge is 0.493 e. The van der Waals surface area contributed by atoms with Gasteiger partial charge in [-0.1, -0.05) is 56.3 Å². The molecule has 0 radical (unpaired) electrons. The van der Waals surface area contributed by atoms with Crippen molar-refractivity contribution in [2.75, 3.05) is 27.8 Å². The summed E-state index contributed by atoms with van der Waals surface area (Å²) >= 11 is 0. The molecule has 0 unspecified atom stereocenters. The molecule has 41 heavy (non-hydrogen) atoms. The Kier molecular flexibility index (Phi) is 6.92. The van der Waals surface area contributed by atoms with Crippen molar-refractivity contribution in [3.05, 3.63) is 82.4 Å². The van der Waals surface area contributed by atoms with Gasteiger partial charge in [0.15, 0.2) is 23.0 Å². The third kappa shape index (κ3) is 4.82. The predicted octanol–water partition coefficient (Wildman–Crippen LogP) is 4.83. The van der Waals surface area contributed by atoms with Crippen LogP contribution in [-0.2, 0) is 39.9 Å². The molecule has 2 bridgehead atoms. The molecule has 0 saturated carbocycles. The van der Waals surface area contributed by atoms with Crippen LogP contribution in [0.3, 0.4) is 0 Å². The molecule has 8 heteroatoms. The number of hydrogen-bond acceptors (Lipinski definition) is 7. The molecule has 6 rings (SSSR count). The lowest BCUT2D eigenvalue weighted by Gasteiger charge is -2.56. The van der Waals surface area contributed by atoms with Gasteiger partial charge in [0.1, 0.15) is 12.3 Å². The SMILES string of the molecule is COC1=C[C@@H]2[C@@H]3Cc4ccc(OC)c(OCc5cn(Cc6ccc(C(C)(C)C)cc6)nn5)c4[C@]2(CCN3C)CC1=O. The summed E-state index contributed by atoms with van der Waals surface area (Å²) in [6, 6.07) is 13.1. The van der Waals surface area contributed by atoms with Gasteiger partial charge in [0.2, 0.25) is 0 Å². The molecule has 1 aliphatic heterocycles. The number of allylic oxidation sites excluding steroid dienone is 1. The third-order valence-electron chi connectivity index (χ3n) is 9.30. The monoisotopic (exact) mass is 556 g/mol. The first-order valence-corrected chi connectivity index (χ1v) is 14.4. The fourth-order valence-electron chi connectivity index (χ4n) is 7.08. The minimum absolute atomic E-state index is 0.0483. The van der Waals surface area contributed by atoms with Crippen molar-refractivity contribution in [3.63, 3.8) is 0 Å². The Morgan fingerprint density at radius 3 is 2.56 bits per heavy atom. The van der Waals surface area contributed by atoms with Crippen LogP contribution in [-0.4, -0.2) is 59.5 Å². The number of methoxy groups -OCH3 is 2. The fraction of sp³-hybridized carbons (Fsp3) is 0.485. The number of piperidine rings is 1. The molecule has 8 nitrogen and oxygen atoms in total. The van der Waals surface area contributed by atoms with E-state index >= 15 is 0 Å². The molecule has 2 heterocycles. The lowest BCUT2D eigenvalue weighted by atomic mass is 9.53. The smallest absolute Gasteiger partial charge is 0.197 e. The number of carbonyl (C=O) groups is 1. The number of fused-ring (bicyclic) bond motifs is 1. The molecule has 1 aromatic heterocycles. The average molecular weight is 557 g/mol. The summed E-state index contributed by atoms with van der Waals surface area (Å²) in [5, 5.41) is 8.76. The molecule has 3 atom stereocenters. The molecular weight excluding hydrogens is 516 g/mol. The van der Waals surface area contributed by atoms with Gasteiger partial charge >= 0.3 is 0 Å². The Morgan fingerprint density at radius 2 is 1.85 bits per heavy atom. The van der Waals surface area contributed by atoms with Gasteiger partial charge in [-0.3, -0.25) is 4.79 Å². The number of hydrogen-bond donors (Lipinski definition) is 0. The number of rotatable bonds is 7. The second-order valence-electron chi connectivity index (χ2n) is 12.8. The van der Waals surface area contributed by atoms with E-state index in [4.69, 9.17) is 14.2 Å². The molecule has 0 spiro atoms. The Bertz CT molecular complexity index is 1490. The summed E-state index contributed by atoms with van der Waals surface area (Å²) < 4.78 is 19.7. The van der Waals surface area contributed by atoms with Gasteiger partial charge in [0.25, 0.3) is 0 Å². The first kappa shape index (κ1) is 27.5. The van der Waals surface area contributed by atoms with Crippen LogP contribution < -0.4 is 9.47 Å². The lowest BCUT2D eigenvalue weighted by Crippen LogP contribution is -2.60. The summed E-state index contributed by atoms with van der Waals surface area (Å²) in [5.74, 6) is 2.07. The van der Waals surface area contributed by atoms with Crippen molar-refractivity contribution in [1.82, 2.24) is 19.9 Å². The van der Waals surface area contributed by atoms with Gasteiger partial charge in [0, 0.05) is 29.4 Å². The van der Waals surface area contributed by atoms with E-state index in [1.54, 1.807) is 14.2 Å². The van der Waals surface area contributed by atoms with Crippen LogP contribution in [0.4, 0.5) is 0 Å². The van der Waals surface area contributed by atoms with Crippen LogP contribution in [0.5, 0.6) is 11.5 Å². The molecular formula is C33H40N4O4. The van der Waals surface area contributed by atoms with E-state index in [1.165, 1.54) is 16.7 Å². The molecule has 216 valence electrons. The second-order valence-corrected chi connectivity index (χ2v) is 12.8. The Hall–Kier alpha value is -3.65. The standard InChI is InChI=1S/C33H40N4O4/c1-32(2,3)23-10-7-21(8-11-23)18-37-19-24(34-35-37)20-41-31-28(39-5)12-9-22-15-26-25-16-29(40-6)27(38)17-33(25,30(22)31)13-14-36(26)4/h7-12,16,19,25-26H,13-15,17-18,20H2,1-6H3/t25-,26+,33-/m1/s1. The normalized spacial score (nSPS) is 23.9. The molecule has 1 fully saturated rings. The van der Waals surface area contributed by atoms with Gasteiger partial charge in [-0.25, -0.2) is 4.68 Å². The number of benzene rings is 2. The maximum absolute atomic E-state index is 13.2. The van der Waals surface area contributed by atoms with Crippen LogP contribution >= 0.6 is 0 Å². The Morgan fingerprint density at radius 1 is 1.07 bits per heavy atom. The highest BCUT2D eigenvalue weighted by Gasteiger charge is 2.56. The van der Waals surface area contributed by atoms with Gasteiger partial charge < -0.3 is 19.1 Å². The highest BCUT2D eigenvalue weighted by molar-refractivity contribution is 5.96. The summed E-state index contributed by atoms with van der Waals surface area (Å²) in [5.41, 5.74) is 5.31. The van der Waals surface area contributed by atoms with Gasteiger partial charge in [-0.2, -0.15) is 0 Å². The zero-order valence-corrected chi connectivity index (χ0v) is 24.9. The van der Waals surface area contributed by atoms with Crippen LogP contribution in [0.1, 0.15) is 61.6 Å². The summed E-state index contributed by atoms with van der Waals surface area (Å²) in [6.07, 6.45) is 6.15. The van der Waals surface area contributed by atoms with Crippen molar-refractivity contribution in [2.45, 2.75) is 70.1 Å². The van der Waals surface area contributed by atoms with Crippen molar-refractivity contribution in [1.29, 1.82) is 0 Å². The number of ketones is 1. The van der Waals surface area contributed by atoms with E-state index in [1.807, 2.05) is 16.9 Å². The minimum atomic E-state index is -0.357. The first-order valence-electron chi connectivity index (χ1n) is 14.4. The molecule has 2 aromatic carbocycles. The van der Waals surface area contributed by atoms with E-state index in [2.05, 4.69) is 79.4 Å². The van der Waals surface area contributed by atoms with Crippen molar-refractivity contribution < 1.29 is 19.0 Å². The maximum Gasteiger partial charge on any atom is 0.197 e. The number of carbonyl (C=O) groups excluding carboxylic acids is 1. The number of likely N-dealkylation sites (tertiary alicyclic amines) is 1. The van der Waals surface area contributed by atoms with Gasteiger partial charge in [-0.05, 0) is 60.7 Å². The minimum Gasteiger partial charge on any atom is -0.493 e. The number of nitrogens with zero attached hydrogens (tertiary/aromatic N) is 4. The van der Waals surface area contributed by atoms with Crippen molar-refractivity contribution in [2.24, 2.45) is 5.92 Å². The van der Waals surface area contributed by atoms with Crippen molar-refractivity contribution >= 4 is 5.78 Å². The molecule has 2 aliphatic carbocycles. The number of likely N-dealkylation sites (N-methyl/N-ethyl adjacent to an activating group) is 1.